The van der Waals surface area contributed by atoms with Crippen LogP contribution in [-0.2, 0) is 0 Å². The molecule has 0 saturated heterocycles. The summed E-state index contributed by atoms with van der Waals surface area (Å²) in [4.78, 5) is 3.29. The van der Waals surface area contributed by atoms with Crippen LogP contribution in [0.2, 0.25) is 5.15 Å². The Balaban J connectivity index is 1.91. The van der Waals surface area contributed by atoms with Gasteiger partial charge in [-0.05, 0) is 32.0 Å². The van der Waals surface area contributed by atoms with Gasteiger partial charge in [0.05, 0.1) is 11.7 Å². The van der Waals surface area contributed by atoms with Crippen LogP contribution in [0, 0.1) is 0 Å². The van der Waals surface area contributed by atoms with Gasteiger partial charge >= 0.3 is 5.65 Å². The fourth-order valence-electron chi connectivity index (χ4n) is 2.72. The predicted octanol–water partition coefficient (Wildman–Crippen LogP) is 3.17. The van der Waals surface area contributed by atoms with E-state index in [2.05, 4.69) is 45.5 Å². The average molecular weight is 328 g/mol. The average Bonchev–Trinajstić information content (AvgIpc) is 3.11. The van der Waals surface area contributed by atoms with Crippen LogP contribution in [0.3, 0.4) is 0 Å². The Morgan fingerprint density at radius 3 is 3.00 bits per heavy atom. The molecule has 6 nitrogen and oxygen atoms in total. The van der Waals surface area contributed by atoms with E-state index in [1.165, 1.54) is 0 Å². The zero-order chi connectivity index (χ0) is 16.0. The summed E-state index contributed by atoms with van der Waals surface area (Å²) in [5.41, 5.74) is 4.80. The maximum atomic E-state index is 6.20. The number of hydrogen-bond acceptors (Lipinski definition) is 3. The summed E-state index contributed by atoms with van der Waals surface area (Å²) in [6, 6.07) is 8.25. The smallest absolute Gasteiger partial charge is 0.329 e. The van der Waals surface area contributed by atoms with E-state index in [0.29, 0.717) is 11.2 Å². The Morgan fingerprint density at radius 1 is 1.30 bits per heavy atom. The van der Waals surface area contributed by atoms with Gasteiger partial charge in [-0.3, -0.25) is 5.10 Å². The summed E-state index contributed by atoms with van der Waals surface area (Å²) in [6.45, 7) is 4.17. The molecule has 0 saturated carbocycles. The number of aromatic amines is 2. The summed E-state index contributed by atoms with van der Waals surface area (Å²) in [5, 5.41) is 16.3. The summed E-state index contributed by atoms with van der Waals surface area (Å²) in [6.07, 6.45) is 3.75. The molecule has 0 aliphatic heterocycles. The fraction of sp³-hybridized carbons (Fsp3) is 0.188. The van der Waals surface area contributed by atoms with E-state index >= 15 is 0 Å². The molecule has 4 aromatic rings. The number of halogens is 1. The van der Waals surface area contributed by atoms with Crippen molar-refractivity contribution in [2.45, 2.75) is 19.9 Å². The minimum Gasteiger partial charge on any atom is -0.376 e. The second-order valence-electron chi connectivity index (χ2n) is 5.79. The third kappa shape index (κ3) is 2.41. The molecule has 3 aromatic heterocycles. The lowest BCUT2D eigenvalue weighted by atomic mass is 10.1. The summed E-state index contributed by atoms with van der Waals surface area (Å²) in [7, 11) is 0. The lowest BCUT2D eigenvalue weighted by Crippen LogP contribution is -2.14. The third-order valence-electron chi connectivity index (χ3n) is 3.68. The molecule has 116 valence electrons. The molecule has 3 heterocycles. The predicted molar refractivity (Wildman–Crippen MR) is 90.6 cm³/mol. The van der Waals surface area contributed by atoms with Gasteiger partial charge in [0.15, 0.2) is 5.15 Å². The number of H-pyrrole nitrogens is 2. The number of benzene rings is 1. The normalized spacial score (nSPS) is 11.7. The molecule has 0 amide bonds. The van der Waals surface area contributed by atoms with E-state index in [1.807, 2.05) is 35.1 Å². The zero-order valence-electron chi connectivity index (χ0n) is 12.8. The van der Waals surface area contributed by atoms with Gasteiger partial charge in [-0.2, -0.15) is 5.10 Å². The molecule has 0 atom stereocenters. The number of nitrogens with one attached hydrogen (secondary N) is 3. The van der Waals surface area contributed by atoms with Gasteiger partial charge in [0.25, 0.3) is 0 Å². The van der Waals surface area contributed by atoms with E-state index in [1.54, 1.807) is 0 Å². The molecular weight excluding hydrogens is 312 g/mol. The molecule has 0 aliphatic carbocycles. The second-order valence-corrected chi connectivity index (χ2v) is 6.17. The van der Waals surface area contributed by atoms with Crippen molar-refractivity contribution in [3.63, 3.8) is 0 Å². The number of aromatic nitrogens is 5. The molecular formula is C16H16ClN6+. The van der Waals surface area contributed by atoms with E-state index in [9.17, 15) is 0 Å². The van der Waals surface area contributed by atoms with Gasteiger partial charge < -0.3 is 5.32 Å². The Hall–Kier alpha value is -2.60. The third-order valence-corrected chi connectivity index (χ3v) is 3.86. The van der Waals surface area contributed by atoms with Gasteiger partial charge in [0.1, 0.15) is 11.9 Å². The van der Waals surface area contributed by atoms with Gasteiger partial charge in [-0.15, -0.1) is 0 Å². The summed E-state index contributed by atoms with van der Waals surface area (Å²) in [5.74, 6) is 0. The largest absolute Gasteiger partial charge is 0.376 e. The molecule has 1 aromatic carbocycles. The molecule has 7 heteroatoms. The van der Waals surface area contributed by atoms with Crippen molar-refractivity contribution < 1.29 is 4.98 Å². The molecule has 4 rings (SSSR count). The number of anilines is 1. The van der Waals surface area contributed by atoms with Crippen molar-refractivity contribution in [3.05, 3.63) is 41.8 Å². The monoisotopic (exact) mass is 327 g/mol. The SMILES string of the molecule is CC(C)Nc1cc(Cl)nn2c(-c3ccc4[nH]ncc4c3)c[nH+]c12. The van der Waals surface area contributed by atoms with E-state index in [-0.39, 0.29) is 0 Å². The molecule has 23 heavy (non-hydrogen) atoms. The first-order chi connectivity index (χ1) is 11.1. The van der Waals surface area contributed by atoms with Crippen molar-refractivity contribution in [2.75, 3.05) is 5.32 Å². The van der Waals surface area contributed by atoms with Crippen molar-refractivity contribution in [1.29, 1.82) is 0 Å². The van der Waals surface area contributed by atoms with Crippen molar-refractivity contribution in [2.24, 2.45) is 0 Å². The Labute approximate surface area is 137 Å². The molecule has 0 aliphatic rings. The van der Waals surface area contributed by atoms with Crippen molar-refractivity contribution >= 4 is 33.8 Å². The van der Waals surface area contributed by atoms with Gasteiger partial charge in [0, 0.05) is 23.1 Å². The summed E-state index contributed by atoms with van der Waals surface area (Å²) >= 11 is 6.20. The van der Waals surface area contributed by atoms with Crippen LogP contribution in [0.1, 0.15) is 13.8 Å². The van der Waals surface area contributed by atoms with E-state index in [0.717, 1.165) is 33.5 Å². The first kappa shape index (κ1) is 14.0. The van der Waals surface area contributed by atoms with Crippen LogP contribution in [0.4, 0.5) is 5.69 Å². The molecule has 0 spiro atoms. The standard InChI is InChI=1S/C16H15ClN6/c1-9(2)20-13-6-15(17)22-23-14(8-18-16(13)23)10-3-4-12-11(5-10)7-19-21-12/h3-9,20H,1-2H3,(H,19,21)/p+1. The highest BCUT2D eigenvalue weighted by Gasteiger charge is 2.20. The van der Waals surface area contributed by atoms with Crippen LogP contribution in [0.25, 0.3) is 27.8 Å². The molecule has 0 fully saturated rings. The lowest BCUT2D eigenvalue weighted by molar-refractivity contribution is -0.343. The van der Waals surface area contributed by atoms with Crippen LogP contribution in [0.5, 0.6) is 0 Å². The Kier molecular flexibility index (Phi) is 3.20. The van der Waals surface area contributed by atoms with Crippen LogP contribution < -0.4 is 10.3 Å². The molecule has 0 radical (unpaired) electrons. The van der Waals surface area contributed by atoms with Crippen LogP contribution >= 0.6 is 11.6 Å². The maximum Gasteiger partial charge on any atom is 0.329 e. The quantitative estimate of drug-likeness (QED) is 0.607. The fourth-order valence-corrected chi connectivity index (χ4v) is 2.90. The minimum absolute atomic E-state index is 0.297. The van der Waals surface area contributed by atoms with E-state index in [4.69, 9.17) is 11.6 Å². The van der Waals surface area contributed by atoms with E-state index < -0.39 is 0 Å². The topological polar surface area (TPSA) is 72.2 Å². The summed E-state index contributed by atoms with van der Waals surface area (Å²) < 4.78 is 1.83. The molecule has 3 N–H and O–H groups in total. The second kappa shape index (κ2) is 5.24. The Bertz CT molecular complexity index is 1000. The first-order valence-corrected chi connectivity index (χ1v) is 7.79. The zero-order valence-corrected chi connectivity index (χ0v) is 13.5. The van der Waals surface area contributed by atoms with Gasteiger partial charge in [-0.25, -0.2) is 4.98 Å². The first-order valence-electron chi connectivity index (χ1n) is 7.42. The highest BCUT2D eigenvalue weighted by Crippen LogP contribution is 2.26. The van der Waals surface area contributed by atoms with Crippen molar-refractivity contribution in [3.8, 4) is 11.3 Å². The molecule has 0 bridgehead atoms. The number of rotatable bonds is 3. The van der Waals surface area contributed by atoms with Gasteiger partial charge in [-0.1, -0.05) is 21.2 Å². The minimum atomic E-state index is 0.297. The van der Waals surface area contributed by atoms with Gasteiger partial charge in [0.2, 0.25) is 5.69 Å². The highest BCUT2D eigenvalue weighted by molar-refractivity contribution is 6.29. The lowest BCUT2D eigenvalue weighted by Gasteiger charge is -2.08. The number of fused-ring (bicyclic) bond motifs is 2. The number of nitrogens with zero attached hydrogens (tertiary/aromatic N) is 3. The maximum absolute atomic E-state index is 6.20. The van der Waals surface area contributed by atoms with Crippen molar-refractivity contribution in [1.82, 2.24) is 19.8 Å². The number of hydrogen-bond donors (Lipinski definition) is 2. The van der Waals surface area contributed by atoms with Crippen LogP contribution in [-0.4, -0.2) is 25.9 Å². The number of imidazole rings is 1. The highest BCUT2D eigenvalue weighted by atomic mass is 35.5. The molecule has 0 unspecified atom stereocenters. The Morgan fingerprint density at radius 2 is 2.17 bits per heavy atom. The van der Waals surface area contributed by atoms with Crippen LogP contribution in [0.15, 0.2) is 36.7 Å².